The van der Waals surface area contributed by atoms with E-state index in [4.69, 9.17) is 4.74 Å². The number of amides is 1. The number of fused-ring (bicyclic) bond motifs is 1. The van der Waals surface area contributed by atoms with E-state index in [1.807, 2.05) is 31.2 Å². The number of pyridine rings is 1. The van der Waals surface area contributed by atoms with E-state index in [1.165, 1.54) is 0 Å². The van der Waals surface area contributed by atoms with Gasteiger partial charge in [-0.05, 0) is 67.1 Å². The number of benzene rings is 2. The zero-order chi connectivity index (χ0) is 23.5. The van der Waals surface area contributed by atoms with E-state index in [1.54, 1.807) is 56.1 Å². The van der Waals surface area contributed by atoms with Crippen molar-refractivity contribution >= 4 is 28.6 Å². The summed E-state index contributed by atoms with van der Waals surface area (Å²) in [4.78, 5) is 33.0. The lowest BCUT2D eigenvalue weighted by Crippen LogP contribution is -2.12. The van der Waals surface area contributed by atoms with Gasteiger partial charge in [-0.3, -0.25) is 4.79 Å². The molecule has 0 unspecified atom stereocenters. The van der Waals surface area contributed by atoms with Crippen LogP contribution in [0.5, 0.6) is 11.6 Å². The SMILES string of the molecule is CNc1nccc(-c2cccnc2Oc2ccc(NC(=O)c3ccc4[nH]cnc4c3)cc2C)n1. The van der Waals surface area contributed by atoms with E-state index in [9.17, 15) is 4.79 Å². The Morgan fingerprint density at radius 3 is 2.76 bits per heavy atom. The van der Waals surface area contributed by atoms with E-state index >= 15 is 0 Å². The summed E-state index contributed by atoms with van der Waals surface area (Å²) in [6.45, 7) is 1.91. The van der Waals surface area contributed by atoms with Gasteiger partial charge in [-0.1, -0.05) is 0 Å². The van der Waals surface area contributed by atoms with Crippen molar-refractivity contribution in [3.63, 3.8) is 0 Å². The number of aryl methyl sites for hydroxylation is 1. The molecule has 0 aliphatic carbocycles. The molecule has 0 spiro atoms. The van der Waals surface area contributed by atoms with Gasteiger partial charge >= 0.3 is 0 Å². The van der Waals surface area contributed by atoms with E-state index in [2.05, 4.69) is 35.6 Å². The van der Waals surface area contributed by atoms with Crippen molar-refractivity contribution in [1.29, 1.82) is 0 Å². The van der Waals surface area contributed by atoms with Gasteiger partial charge in [-0.25, -0.2) is 19.9 Å². The largest absolute Gasteiger partial charge is 0.438 e. The van der Waals surface area contributed by atoms with Crippen LogP contribution in [-0.2, 0) is 0 Å². The van der Waals surface area contributed by atoms with Gasteiger partial charge in [0.25, 0.3) is 5.91 Å². The number of rotatable bonds is 6. The Hall–Kier alpha value is -4.79. The number of anilines is 2. The summed E-state index contributed by atoms with van der Waals surface area (Å²) in [6.07, 6.45) is 4.95. The fraction of sp³-hybridized carbons (Fsp3) is 0.0800. The van der Waals surface area contributed by atoms with Crippen LogP contribution in [0.4, 0.5) is 11.6 Å². The third-order valence-electron chi connectivity index (χ3n) is 5.25. The monoisotopic (exact) mass is 451 g/mol. The summed E-state index contributed by atoms with van der Waals surface area (Å²) in [6, 6.07) is 16.3. The number of nitrogens with one attached hydrogen (secondary N) is 3. The molecule has 5 rings (SSSR count). The lowest BCUT2D eigenvalue weighted by Gasteiger charge is -2.13. The molecular formula is C25H21N7O2. The first kappa shape index (κ1) is 21.1. The molecule has 0 saturated heterocycles. The molecule has 2 aromatic carbocycles. The highest BCUT2D eigenvalue weighted by atomic mass is 16.5. The molecule has 34 heavy (non-hydrogen) atoms. The summed E-state index contributed by atoms with van der Waals surface area (Å²) in [5, 5.41) is 5.86. The lowest BCUT2D eigenvalue weighted by molar-refractivity contribution is 0.102. The lowest BCUT2D eigenvalue weighted by atomic mass is 10.1. The molecule has 0 aliphatic heterocycles. The van der Waals surface area contributed by atoms with Crippen LogP contribution in [0.15, 0.2) is 73.3 Å². The predicted octanol–water partition coefficient (Wildman–Crippen LogP) is 4.81. The fourth-order valence-electron chi connectivity index (χ4n) is 3.52. The zero-order valence-corrected chi connectivity index (χ0v) is 18.5. The molecule has 1 amide bonds. The highest BCUT2D eigenvalue weighted by Crippen LogP contribution is 2.33. The number of carbonyl (C=O) groups excluding carboxylic acids is 1. The minimum absolute atomic E-state index is 0.214. The Labute approximate surface area is 195 Å². The number of aromatic amines is 1. The summed E-state index contributed by atoms with van der Waals surface area (Å²) >= 11 is 0. The number of hydrogen-bond acceptors (Lipinski definition) is 7. The summed E-state index contributed by atoms with van der Waals surface area (Å²) in [5.74, 6) is 1.35. The van der Waals surface area contributed by atoms with Gasteiger partial charge in [0.1, 0.15) is 5.75 Å². The smallest absolute Gasteiger partial charge is 0.255 e. The summed E-state index contributed by atoms with van der Waals surface area (Å²) < 4.78 is 6.14. The van der Waals surface area contributed by atoms with Crippen LogP contribution in [0.2, 0.25) is 0 Å². The van der Waals surface area contributed by atoms with Gasteiger partial charge in [0.05, 0.1) is 28.6 Å². The predicted molar refractivity (Wildman–Crippen MR) is 130 cm³/mol. The fourth-order valence-corrected chi connectivity index (χ4v) is 3.52. The van der Waals surface area contributed by atoms with Gasteiger partial charge in [0, 0.05) is 30.7 Å². The molecule has 168 valence electrons. The van der Waals surface area contributed by atoms with Crippen LogP contribution in [0.3, 0.4) is 0 Å². The summed E-state index contributed by atoms with van der Waals surface area (Å²) in [5.41, 5.74) is 5.09. The van der Waals surface area contributed by atoms with Crippen LogP contribution in [0, 0.1) is 6.92 Å². The second kappa shape index (κ2) is 8.99. The Balaban J connectivity index is 1.36. The molecule has 5 aromatic rings. The van der Waals surface area contributed by atoms with E-state index < -0.39 is 0 Å². The number of hydrogen-bond donors (Lipinski definition) is 3. The van der Waals surface area contributed by atoms with Crippen molar-refractivity contribution in [2.45, 2.75) is 6.92 Å². The summed E-state index contributed by atoms with van der Waals surface area (Å²) in [7, 11) is 1.76. The molecule has 3 heterocycles. The van der Waals surface area contributed by atoms with Crippen LogP contribution in [-0.4, -0.2) is 37.9 Å². The first-order valence-corrected chi connectivity index (χ1v) is 10.6. The number of H-pyrrole nitrogens is 1. The number of aromatic nitrogens is 5. The molecule has 0 atom stereocenters. The Morgan fingerprint density at radius 1 is 1.00 bits per heavy atom. The highest BCUT2D eigenvalue weighted by molar-refractivity contribution is 6.06. The average molecular weight is 451 g/mol. The van der Waals surface area contributed by atoms with Crippen molar-refractivity contribution in [2.24, 2.45) is 0 Å². The van der Waals surface area contributed by atoms with Crippen molar-refractivity contribution < 1.29 is 9.53 Å². The Morgan fingerprint density at radius 2 is 1.91 bits per heavy atom. The van der Waals surface area contributed by atoms with Crippen LogP contribution in [0.1, 0.15) is 15.9 Å². The molecule has 0 radical (unpaired) electrons. The first-order valence-electron chi connectivity index (χ1n) is 10.6. The maximum absolute atomic E-state index is 12.7. The van der Waals surface area contributed by atoms with Gasteiger partial charge in [-0.2, -0.15) is 0 Å². The van der Waals surface area contributed by atoms with Crippen molar-refractivity contribution in [2.75, 3.05) is 17.7 Å². The molecule has 9 nitrogen and oxygen atoms in total. The number of carbonyl (C=O) groups is 1. The van der Waals surface area contributed by atoms with E-state index in [0.29, 0.717) is 34.5 Å². The standard InChI is InChI=1S/C25H21N7O2/c1-15-12-17(31-23(33)16-5-7-20-21(13-16)30-14-29-20)6-8-22(15)34-24-18(4-3-10-27-24)19-9-11-28-25(26-2)32-19/h3-14H,1-2H3,(H,29,30)(H,31,33)(H,26,28,32). The first-order chi connectivity index (χ1) is 16.6. The van der Waals surface area contributed by atoms with Crippen LogP contribution in [0.25, 0.3) is 22.3 Å². The topological polar surface area (TPSA) is 118 Å². The normalized spacial score (nSPS) is 10.8. The van der Waals surface area contributed by atoms with Crippen molar-refractivity contribution in [3.05, 3.63) is 84.4 Å². The third kappa shape index (κ3) is 4.26. The molecule has 0 bridgehead atoms. The molecule has 9 heteroatoms. The maximum atomic E-state index is 12.7. The van der Waals surface area contributed by atoms with Gasteiger partial charge in [0.15, 0.2) is 0 Å². The minimum atomic E-state index is -0.214. The molecule has 3 aromatic heterocycles. The Bertz CT molecular complexity index is 1500. The minimum Gasteiger partial charge on any atom is -0.438 e. The van der Waals surface area contributed by atoms with Crippen LogP contribution >= 0.6 is 0 Å². The average Bonchev–Trinajstić information content (AvgIpc) is 3.34. The number of nitrogens with zero attached hydrogens (tertiary/aromatic N) is 4. The molecule has 0 saturated carbocycles. The Kier molecular flexibility index (Phi) is 5.57. The zero-order valence-electron chi connectivity index (χ0n) is 18.5. The van der Waals surface area contributed by atoms with Gasteiger partial charge < -0.3 is 20.4 Å². The molecule has 3 N–H and O–H groups in total. The van der Waals surface area contributed by atoms with Crippen molar-refractivity contribution in [1.82, 2.24) is 24.9 Å². The van der Waals surface area contributed by atoms with E-state index in [-0.39, 0.29) is 5.91 Å². The molecule has 0 aliphatic rings. The highest BCUT2D eigenvalue weighted by Gasteiger charge is 2.13. The van der Waals surface area contributed by atoms with Crippen molar-refractivity contribution in [3.8, 4) is 22.9 Å². The number of ether oxygens (including phenoxy) is 1. The quantitative estimate of drug-likeness (QED) is 0.339. The molecular weight excluding hydrogens is 430 g/mol. The van der Waals surface area contributed by atoms with E-state index in [0.717, 1.165) is 22.2 Å². The number of imidazole rings is 1. The molecule has 0 fully saturated rings. The second-order valence-electron chi connectivity index (χ2n) is 7.54. The second-order valence-corrected chi connectivity index (χ2v) is 7.54. The third-order valence-corrected chi connectivity index (χ3v) is 5.25. The van der Waals surface area contributed by atoms with Gasteiger partial charge in [0.2, 0.25) is 11.8 Å². The maximum Gasteiger partial charge on any atom is 0.255 e. The van der Waals surface area contributed by atoms with Crippen LogP contribution < -0.4 is 15.4 Å². The van der Waals surface area contributed by atoms with Gasteiger partial charge in [-0.15, -0.1) is 0 Å².